The normalized spacial score (nSPS) is 34.3. The van der Waals surface area contributed by atoms with Gasteiger partial charge >= 0.3 is 0 Å². The molecule has 0 aromatic rings. The Labute approximate surface area is 85.6 Å². The lowest BCUT2D eigenvalue weighted by molar-refractivity contribution is -0.139. The van der Waals surface area contributed by atoms with Crippen molar-refractivity contribution in [1.29, 1.82) is 0 Å². The molecule has 3 nitrogen and oxygen atoms in total. The smallest absolute Gasteiger partial charge is 0.0569 e. The second kappa shape index (κ2) is 3.19. The summed E-state index contributed by atoms with van der Waals surface area (Å²) >= 11 is 0. The van der Waals surface area contributed by atoms with Crippen molar-refractivity contribution >= 4 is 0 Å². The van der Waals surface area contributed by atoms with Crippen LogP contribution in [0.15, 0.2) is 0 Å². The number of hydrogen-bond acceptors (Lipinski definition) is 3. The summed E-state index contributed by atoms with van der Waals surface area (Å²) in [7, 11) is 0. The van der Waals surface area contributed by atoms with E-state index in [0.717, 1.165) is 18.6 Å². The Morgan fingerprint density at radius 3 is 1.36 bits per heavy atom. The molecule has 0 amide bonds. The third kappa shape index (κ3) is 1.38. The van der Waals surface area contributed by atoms with Crippen LogP contribution in [0.25, 0.3) is 0 Å². The first-order valence-electron chi connectivity index (χ1n) is 5.82. The van der Waals surface area contributed by atoms with Gasteiger partial charge in [-0.3, -0.25) is 0 Å². The summed E-state index contributed by atoms with van der Waals surface area (Å²) in [6, 6.07) is 0. The zero-order valence-electron chi connectivity index (χ0n) is 8.77. The van der Waals surface area contributed by atoms with Gasteiger partial charge in [0.15, 0.2) is 0 Å². The zero-order chi connectivity index (χ0) is 9.49. The molecule has 2 spiro atoms. The van der Waals surface area contributed by atoms with Gasteiger partial charge in [0.25, 0.3) is 0 Å². The quantitative estimate of drug-likeness (QED) is 0.587. The predicted molar refractivity (Wildman–Crippen MR) is 55.3 cm³/mol. The minimum absolute atomic E-state index is 0.611. The van der Waals surface area contributed by atoms with E-state index in [1.165, 1.54) is 45.4 Å². The number of rotatable bonds is 0. The molecule has 80 valence electrons. The van der Waals surface area contributed by atoms with Crippen LogP contribution in [0.2, 0.25) is 0 Å². The fraction of sp³-hybridized carbons (Fsp3) is 1.00. The molecule has 1 aliphatic carbocycles. The van der Waals surface area contributed by atoms with Gasteiger partial charge in [-0.2, -0.15) is 0 Å². The maximum absolute atomic E-state index is 5.04. The van der Waals surface area contributed by atoms with E-state index >= 15 is 0 Å². The highest BCUT2D eigenvalue weighted by atomic mass is 16.5. The van der Waals surface area contributed by atoms with Crippen LogP contribution in [-0.4, -0.2) is 39.4 Å². The predicted octanol–water partition coefficient (Wildman–Crippen LogP) is 0.366. The molecule has 0 bridgehead atoms. The molecule has 4 aliphatic rings. The summed E-state index contributed by atoms with van der Waals surface area (Å²) < 4.78 is 5.04. The lowest BCUT2D eigenvalue weighted by Gasteiger charge is -2.49. The third-order valence-electron chi connectivity index (χ3n) is 4.23. The molecule has 14 heavy (non-hydrogen) atoms. The Bertz CT molecular complexity index is 158. The van der Waals surface area contributed by atoms with Crippen LogP contribution in [0, 0.1) is 10.8 Å². The first-order valence-corrected chi connectivity index (χ1v) is 5.82. The third-order valence-corrected chi connectivity index (χ3v) is 4.23. The number of ether oxygens (including phenoxy) is 1. The van der Waals surface area contributed by atoms with E-state index in [-0.39, 0.29) is 0 Å². The van der Waals surface area contributed by atoms with Crippen molar-refractivity contribution in [3.63, 3.8) is 0 Å². The average molecular weight is 196 g/mol. The highest BCUT2D eigenvalue weighted by Gasteiger charge is 2.43. The van der Waals surface area contributed by atoms with Gasteiger partial charge in [-0.15, -0.1) is 0 Å². The molecule has 1 saturated carbocycles. The van der Waals surface area contributed by atoms with Gasteiger partial charge in [0, 0.05) is 31.6 Å². The highest BCUT2D eigenvalue weighted by Crippen LogP contribution is 2.43. The Balaban J connectivity index is 0.0000000914. The number of nitrogens with one attached hydrogen (secondary N) is 2. The second-order valence-corrected chi connectivity index (χ2v) is 5.55. The first kappa shape index (κ1) is 9.13. The van der Waals surface area contributed by atoms with Gasteiger partial charge in [-0.25, -0.2) is 0 Å². The van der Waals surface area contributed by atoms with Gasteiger partial charge in [0.2, 0.25) is 0 Å². The molecule has 0 aromatic carbocycles. The lowest BCUT2D eigenvalue weighted by Crippen LogP contribution is -2.64. The first-order chi connectivity index (χ1) is 6.83. The molecule has 0 atom stereocenters. The molecule has 0 aromatic heterocycles. The van der Waals surface area contributed by atoms with E-state index in [4.69, 9.17) is 4.74 Å². The highest BCUT2D eigenvalue weighted by molar-refractivity contribution is 4.98. The Kier molecular flexibility index (Phi) is 2.08. The fourth-order valence-corrected chi connectivity index (χ4v) is 2.58. The van der Waals surface area contributed by atoms with Gasteiger partial charge in [-0.1, -0.05) is 6.42 Å². The van der Waals surface area contributed by atoms with Crippen molar-refractivity contribution < 1.29 is 4.74 Å². The molecule has 2 N–H and O–H groups in total. The minimum atomic E-state index is 0.611. The molecule has 3 aliphatic heterocycles. The van der Waals surface area contributed by atoms with Gasteiger partial charge in [0.1, 0.15) is 0 Å². The van der Waals surface area contributed by atoms with Crippen LogP contribution < -0.4 is 10.6 Å². The van der Waals surface area contributed by atoms with Crippen molar-refractivity contribution in [3.8, 4) is 0 Å². The molecule has 0 unspecified atom stereocenters. The van der Waals surface area contributed by atoms with E-state index in [2.05, 4.69) is 10.6 Å². The summed E-state index contributed by atoms with van der Waals surface area (Å²) in [6.45, 7) is 7.00. The van der Waals surface area contributed by atoms with Crippen LogP contribution in [0.1, 0.15) is 19.3 Å². The van der Waals surface area contributed by atoms with E-state index < -0.39 is 0 Å². The van der Waals surface area contributed by atoms with Crippen molar-refractivity contribution in [2.45, 2.75) is 19.3 Å². The lowest BCUT2D eigenvalue weighted by atomic mass is 9.65. The van der Waals surface area contributed by atoms with Crippen molar-refractivity contribution in [2.24, 2.45) is 10.8 Å². The Hall–Kier alpha value is -0.120. The van der Waals surface area contributed by atoms with Crippen LogP contribution in [-0.2, 0) is 4.74 Å². The van der Waals surface area contributed by atoms with Gasteiger partial charge in [-0.05, 0) is 18.3 Å². The maximum atomic E-state index is 5.04. The molecule has 4 rings (SSSR count). The summed E-state index contributed by atoms with van der Waals surface area (Å²) in [5.41, 5.74) is 1.44. The molecule has 3 saturated heterocycles. The SMILES string of the molecule is C1CC2(C1)CNC2.C1NCC12COC2. The monoisotopic (exact) mass is 196 g/mol. The minimum Gasteiger partial charge on any atom is -0.380 e. The van der Waals surface area contributed by atoms with Crippen LogP contribution in [0.3, 0.4) is 0 Å². The molecular weight excluding hydrogens is 176 g/mol. The standard InChI is InChI=1S/C6H11N.C5H9NO/c1-2-6(3-1)4-7-5-6;1-5(2-6-1)3-7-4-5/h7H,1-5H2;6H,1-4H2. The second-order valence-electron chi connectivity index (χ2n) is 5.55. The summed E-state index contributed by atoms with van der Waals surface area (Å²) in [5.74, 6) is 0. The summed E-state index contributed by atoms with van der Waals surface area (Å²) in [4.78, 5) is 0. The van der Waals surface area contributed by atoms with Crippen LogP contribution in [0.5, 0.6) is 0 Å². The topological polar surface area (TPSA) is 33.3 Å². The van der Waals surface area contributed by atoms with Crippen molar-refractivity contribution in [3.05, 3.63) is 0 Å². The summed E-state index contributed by atoms with van der Waals surface area (Å²) in [5, 5.41) is 6.53. The number of hydrogen-bond donors (Lipinski definition) is 2. The molecule has 0 radical (unpaired) electrons. The Morgan fingerprint density at radius 1 is 0.786 bits per heavy atom. The summed E-state index contributed by atoms with van der Waals surface area (Å²) in [6.07, 6.45) is 4.49. The van der Waals surface area contributed by atoms with Gasteiger partial charge in [0.05, 0.1) is 13.2 Å². The van der Waals surface area contributed by atoms with E-state index in [9.17, 15) is 0 Å². The van der Waals surface area contributed by atoms with Gasteiger partial charge < -0.3 is 15.4 Å². The molecule has 3 heterocycles. The van der Waals surface area contributed by atoms with E-state index in [1.807, 2.05) is 0 Å². The average Bonchev–Trinajstić information content (AvgIpc) is 1.71. The zero-order valence-corrected chi connectivity index (χ0v) is 8.77. The van der Waals surface area contributed by atoms with E-state index in [1.54, 1.807) is 0 Å². The van der Waals surface area contributed by atoms with Crippen LogP contribution in [0.4, 0.5) is 0 Å². The molecule has 4 fully saturated rings. The van der Waals surface area contributed by atoms with Crippen LogP contribution >= 0.6 is 0 Å². The van der Waals surface area contributed by atoms with Crippen molar-refractivity contribution in [1.82, 2.24) is 10.6 Å². The van der Waals surface area contributed by atoms with Crippen molar-refractivity contribution in [2.75, 3.05) is 39.4 Å². The Morgan fingerprint density at radius 2 is 1.36 bits per heavy atom. The molecular formula is C11H20N2O. The molecule has 3 heteroatoms. The fourth-order valence-electron chi connectivity index (χ4n) is 2.58. The van der Waals surface area contributed by atoms with E-state index in [0.29, 0.717) is 5.41 Å². The maximum Gasteiger partial charge on any atom is 0.0569 e. The largest absolute Gasteiger partial charge is 0.380 e.